The fraction of sp³-hybridized carbons (Fsp3) is 0.333. The summed E-state index contributed by atoms with van der Waals surface area (Å²) >= 11 is 9.01. The molecule has 0 aliphatic heterocycles. The Kier molecular flexibility index (Phi) is 4.90. The van der Waals surface area contributed by atoms with Gasteiger partial charge >= 0.3 is 0 Å². The number of allylic oxidation sites excluding steroid dienone is 1. The van der Waals surface area contributed by atoms with E-state index in [9.17, 15) is 0 Å². The lowest BCUT2D eigenvalue weighted by Gasteiger charge is -2.05. The maximum Gasteiger partial charge on any atom is 0.232 e. The summed E-state index contributed by atoms with van der Waals surface area (Å²) in [6, 6.07) is 0. The van der Waals surface area contributed by atoms with Crippen LogP contribution < -0.4 is 4.74 Å². The third-order valence-electron chi connectivity index (χ3n) is 1.51. The van der Waals surface area contributed by atoms with Crippen molar-refractivity contribution in [3.8, 4) is 5.88 Å². The largest absolute Gasteiger partial charge is 0.477 e. The van der Waals surface area contributed by atoms with Gasteiger partial charge in [0.05, 0.1) is 6.61 Å². The first kappa shape index (κ1) is 11.5. The zero-order valence-electron chi connectivity index (χ0n) is 7.54. The third-order valence-corrected chi connectivity index (χ3v) is 2.74. The van der Waals surface area contributed by atoms with Gasteiger partial charge in [-0.05, 0) is 28.8 Å². The molecule has 76 valence electrons. The van der Waals surface area contributed by atoms with E-state index in [1.165, 1.54) is 6.33 Å². The number of unbranched alkanes of at least 4 members (excludes halogenated alkanes) is 1. The molecule has 0 amide bonds. The third kappa shape index (κ3) is 3.27. The van der Waals surface area contributed by atoms with Crippen molar-refractivity contribution in [2.24, 2.45) is 0 Å². The standard InChI is InChI=1S/C9H10BrClN2O/c1-2-3-4-5-14-9-7(10)8(11)12-6-13-9/h2,6H,1,3-5H2. The normalized spacial score (nSPS) is 9.86. The first-order valence-electron chi connectivity index (χ1n) is 4.15. The van der Waals surface area contributed by atoms with E-state index in [0.29, 0.717) is 22.1 Å². The van der Waals surface area contributed by atoms with Crippen LogP contribution >= 0.6 is 27.5 Å². The molecule has 0 saturated carbocycles. The molecule has 0 aliphatic carbocycles. The molecule has 0 aliphatic rings. The number of aromatic nitrogens is 2. The van der Waals surface area contributed by atoms with Crippen LogP contribution in [0.15, 0.2) is 23.5 Å². The first-order chi connectivity index (χ1) is 6.75. The van der Waals surface area contributed by atoms with Gasteiger partial charge in [0.2, 0.25) is 5.88 Å². The smallest absolute Gasteiger partial charge is 0.232 e. The maximum absolute atomic E-state index is 5.76. The van der Waals surface area contributed by atoms with E-state index in [1.807, 2.05) is 6.08 Å². The first-order valence-corrected chi connectivity index (χ1v) is 5.32. The molecule has 1 aromatic rings. The minimum Gasteiger partial charge on any atom is -0.477 e. The van der Waals surface area contributed by atoms with Crippen molar-refractivity contribution in [2.75, 3.05) is 6.61 Å². The molecule has 1 aromatic heterocycles. The van der Waals surface area contributed by atoms with E-state index in [-0.39, 0.29) is 0 Å². The second kappa shape index (κ2) is 5.98. The Balaban J connectivity index is 2.50. The van der Waals surface area contributed by atoms with Gasteiger partial charge in [-0.25, -0.2) is 9.97 Å². The molecule has 0 fully saturated rings. The SMILES string of the molecule is C=CCCCOc1ncnc(Cl)c1Br. The van der Waals surface area contributed by atoms with Gasteiger partial charge in [-0.3, -0.25) is 0 Å². The highest BCUT2D eigenvalue weighted by Gasteiger charge is 2.06. The van der Waals surface area contributed by atoms with Crippen LogP contribution in [0.25, 0.3) is 0 Å². The molecule has 1 rings (SSSR count). The van der Waals surface area contributed by atoms with Crippen molar-refractivity contribution in [1.82, 2.24) is 9.97 Å². The molecular weight excluding hydrogens is 267 g/mol. The molecular formula is C9H10BrClN2O. The van der Waals surface area contributed by atoms with E-state index in [1.54, 1.807) is 0 Å². The second-order valence-corrected chi connectivity index (χ2v) is 3.71. The van der Waals surface area contributed by atoms with Gasteiger partial charge in [-0.2, -0.15) is 0 Å². The molecule has 0 bridgehead atoms. The summed E-state index contributed by atoms with van der Waals surface area (Å²) in [4.78, 5) is 7.74. The molecule has 0 unspecified atom stereocenters. The zero-order valence-corrected chi connectivity index (χ0v) is 9.88. The lowest BCUT2D eigenvalue weighted by atomic mass is 10.3. The quantitative estimate of drug-likeness (QED) is 0.471. The Hall–Kier alpha value is -0.610. The number of ether oxygens (including phenoxy) is 1. The molecule has 0 spiro atoms. The van der Waals surface area contributed by atoms with E-state index in [2.05, 4.69) is 32.5 Å². The lowest BCUT2D eigenvalue weighted by Crippen LogP contribution is -2.00. The van der Waals surface area contributed by atoms with Crippen LogP contribution in [0.1, 0.15) is 12.8 Å². The summed E-state index contributed by atoms with van der Waals surface area (Å²) in [6.07, 6.45) is 5.06. The molecule has 0 aromatic carbocycles. The summed E-state index contributed by atoms with van der Waals surface area (Å²) in [5.41, 5.74) is 0. The summed E-state index contributed by atoms with van der Waals surface area (Å²) in [5, 5.41) is 0.360. The summed E-state index contributed by atoms with van der Waals surface area (Å²) < 4.78 is 5.99. The molecule has 5 heteroatoms. The highest BCUT2D eigenvalue weighted by molar-refractivity contribution is 9.10. The van der Waals surface area contributed by atoms with Crippen molar-refractivity contribution in [2.45, 2.75) is 12.8 Å². The number of hydrogen-bond acceptors (Lipinski definition) is 3. The Morgan fingerprint density at radius 2 is 2.36 bits per heavy atom. The fourth-order valence-electron chi connectivity index (χ4n) is 0.831. The van der Waals surface area contributed by atoms with Crippen molar-refractivity contribution in [3.63, 3.8) is 0 Å². The molecule has 1 heterocycles. The summed E-state index contributed by atoms with van der Waals surface area (Å²) in [5.74, 6) is 0.481. The van der Waals surface area contributed by atoms with Gasteiger partial charge in [0.25, 0.3) is 0 Å². The number of nitrogens with zero attached hydrogens (tertiary/aromatic N) is 2. The van der Waals surface area contributed by atoms with E-state index < -0.39 is 0 Å². The van der Waals surface area contributed by atoms with Crippen molar-refractivity contribution in [3.05, 3.63) is 28.6 Å². The second-order valence-electron chi connectivity index (χ2n) is 2.56. The van der Waals surface area contributed by atoms with Gasteiger partial charge < -0.3 is 4.74 Å². The van der Waals surface area contributed by atoms with Gasteiger partial charge in [-0.1, -0.05) is 17.7 Å². The molecule has 0 N–H and O–H groups in total. The zero-order chi connectivity index (χ0) is 10.4. The predicted molar refractivity (Wildman–Crippen MR) is 59.7 cm³/mol. The van der Waals surface area contributed by atoms with Crippen molar-refractivity contribution in [1.29, 1.82) is 0 Å². The van der Waals surface area contributed by atoms with Crippen LogP contribution in [0.5, 0.6) is 5.88 Å². The van der Waals surface area contributed by atoms with Crippen LogP contribution in [0, 0.1) is 0 Å². The Morgan fingerprint density at radius 3 is 3.07 bits per heavy atom. The molecule has 14 heavy (non-hydrogen) atoms. The fourth-order valence-corrected chi connectivity index (χ4v) is 1.27. The molecule has 0 atom stereocenters. The van der Waals surface area contributed by atoms with Crippen LogP contribution in [-0.4, -0.2) is 16.6 Å². The minimum absolute atomic E-state index is 0.360. The Morgan fingerprint density at radius 1 is 1.57 bits per heavy atom. The van der Waals surface area contributed by atoms with Crippen LogP contribution in [0.2, 0.25) is 5.15 Å². The molecule has 3 nitrogen and oxygen atoms in total. The van der Waals surface area contributed by atoms with E-state index in [0.717, 1.165) is 12.8 Å². The van der Waals surface area contributed by atoms with Gasteiger partial charge in [0.15, 0.2) is 5.15 Å². The van der Waals surface area contributed by atoms with Crippen LogP contribution in [-0.2, 0) is 0 Å². The summed E-state index contributed by atoms with van der Waals surface area (Å²) in [6.45, 7) is 4.22. The van der Waals surface area contributed by atoms with Gasteiger partial charge in [0, 0.05) is 0 Å². The Labute approximate surface area is 96.3 Å². The average Bonchev–Trinajstić information content (AvgIpc) is 2.19. The Bertz CT molecular complexity index is 320. The lowest BCUT2D eigenvalue weighted by molar-refractivity contribution is 0.297. The average molecular weight is 278 g/mol. The van der Waals surface area contributed by atoms with Crippen LogP contribution in [0.3, 0.4) is 0 Å². The number of hydrogen-bond donors (Lipinski definition) is 0. The van der Waals surface area contributed by atoms with Gasteiger partial charge in [-0.15, -0.1) is 6.58 Å². The van der Waals surface area contributed by atoms with E-state index in [4.69, 9.17) is 16.3 Å². The predicted octanol–water partition coefficient (Wildman–Crippen LogP) is 3.24. The number of halogens is 2. The summed E-state index contributed by atoms with van der Waals surface area (Å²) in [7, 11) is 0. The van der Waals surface area contributed by atoms with Crippen molar-refractivity contribution >= 4 is 27.5 Å². The molecule has 0 saturated heterocycles. The number of rotatable bonds is 5. The van der Waals surface area contributed by atoms with Gasteiger partial charge in [0.1, 0.15) is 10.8 Å². The highest BCUT2D eigenvalue weighted by Crippen LogP contribution is 2.27. The maximum atomic E-state index is 5.76. The molecule has 0 radical (unpaired) electrons. The topological polar surface area (TPSA) is 35.0 Å². The minimum atomic E-state index is 0.360. The highest BCUT2D eigenvalue weighted by atomic mass is 79.9. The van der Waals surface area contributed by atoms with E-state index >= 15 is 0 Å². The van der Waals surface area contributed by atoms with Crippen molar-refractivity contribution < 1.29 is 4.74 Å². The monoisotopic (exact) mass is 276 g/mol. The van der Waals surface area contributed by atoms with Crippen LogP contribution in [0.4, 0.5) is 0 Å².